The molecule has 6 heteroatoms. The number of amides is 1. The zero-order valence-corrected chi connectivity index (χ0v) is 17.4. The number of anilines is 1. The number of thiophene rings is 1. The number of fused-ring (bicyclic) bond motifs is 2. The van der Waals surface area contributed by atoms with Crippen LogP contribution in [0, 0.1) is 13.8 Å². The molecule has 0 saturated carbocycles. The third kappa shape index (κ3) is 3.13. The third-order valence-corrected chi connectivity index (χ3v) is 6.93. The number of hydrogen-bond donors (Lipinski definition) is 0. The minimum Gasteiger partial charge on any atom is -0.367 e. The van der Waals surface area contributed by atoms with Crippen molar-refractivity contribution in [1.82, 2.24) is 14.9 Å². The zero-order chi connectivity index (χ0) is 20.0. The Kier molecular flexibility index (Phi) is 4.43. The lowest BCUT2D eigenvalue weighted by atomic mass is 10.1. The van der Waals surface area contributed by atoms with Crippen molar-refractivity contribution >= 4 is 44.1 Å². The molecule has 0 N–H and O–H groups in total. The van der Waals surface area contributed by atoms with Gasteiger partial charge in [-0.1, -0.05) is 18.2 Å². The molecule has 0 atom stereocenters. The number of benzene rings is 1. The summed E-state index contributed by atoms with van der Waals surface area (Å²) in [7, 11) is 0. The Hall–Kier alpha value is -2.99. The molecule has 1 saturated heterocycles. The lowest BCUT2D eigenvalue weighted by Gasteiger charge is -2.36. The smallest absolute Gasteiger partial charge is 0.264 e. The SMILES string of the molecule is Cc1ccc2c(N3CCN(C(=O)c4sc5ccccc5c4C)CC3)ccnc2n1. The van der Waals surface area contributed by atoms with Crippen molar-refractivity contribution in [2.45, 2.75) is 13.8 Å². The van der Waals surface area contributed by atoms with E-state index in [9.17, 15) is 4.79 Å². The summed E-state index contributed by atoms with van der Waals surface area (Å²) in [6.45, 7) is 7.09. The van der Waals surface area contributed by atoms with Crippen molar-refractivity contribution < 1.29 is 4.79 Å². The van der Waals surface area contributed by atoms with E-state index in [1.807, 2.05) is 42.3 Å². The highest BCUT2D eigenvalue weighted by molar-refractivity contribution is 7.21. The minimum absolute atomic E-state index is 0.153. The van der Waals surface area contributed by atoms with Gasteiger partial charge in [-0.25, -0.2) is 9.97 Å². The van der Waals surface area contributed by atoms with Crippen LogP contribution in [0.3, 0.4) is 0 Å². The van der Waals surface area contributed by atoms with E-state index in [-0.39, 0.29) is 5.91 Å². The largest absolute Gasteiger partial charge is 0.367 e. The summed E-state index contributed by atoms with van der Waals surface area (Å²) >= 11 is 1.60. The van der Waals surface area contributed by atoms with Crippen LogP contribution < -0.4 is 4.90 Å². The first-order valence-electron chi connectivity index (χ1n) is 9.86. The molecule has 3 aromatic heterocycles. The van der Waals surface area contributed by atoms with Gasteiger partial charge in [0.2, 0.25) is 0 Å². The van der Waals surface area contributed by atoms with Crippen molar-refractivity contribution in [1.29, 1.82) is 0 Å². The fourth-order valence-electron chi connectivity index (χ4n) is 4.06. The van der Waals surface area contributed by atoms with Crippen LogP contribution in [0.1, 0.15) is 20.9 Å². The molecule has 0 unspecified atom stereocenters. The van der Waals surface area contributed by atoms with Crippen molar-refractivity contribution in [3.8, 4) is 0 Å². The Morgan fingerprint density at radius 3 is 2.55 bits per heavy atom. The maximum atomic E-state index is 13.2. The Morgan fingerprint density at radius 1 is 0.966 bits per heavy atom. The van der Waals surface area contributed by atoms with Gasteiger partial charge >= 0.3 is 0 Å². The molecule has 0 radical (unpaired) electrons. The van der Waals surface area contributed by atoms with Crippen LogP contribution in [0.25, 0.3) is 21.1 Å². The number of carbonyl (C=O) groups is 1. The second kappa shape index (κ2) is 7.12. The van der Waals surface area contributed by atoms with Gasteiger partial charge in [0.05, 0.1) is 4.88 Å². The van der Waals surface area contributed by atoms with Crippen LogP contribution in [-0.4, -0.2) is 47.0 Å². The number of aryl methyl sites for hydroxylation is 2. The summed E-state index contributed by atoms with van der Waals surface area (Å²) in [5.41, 5.74) is 3.99. The Balaban J connectivity index is 1.36. The van der Waals surface area contributed by atoms with Crippen LogP contribution in [0.15, 0.2) is 48.7 Å². The summed E-state index contributed by atoms with van der Waals surface area (Å²) < 4.78 is 1.18. The van der Waals surface area contributed by atoms with Crippen LogP contribution in [0.5, 0.6) is 0 Å². The third-order valence-electron chi connectivity index (χ3n) is 5.67. The van der Waals surface area contributed by atoms with Gasteiger partial charge in [-0.05, 0) is 49.1 Å². The average Bonchev–Trinajstić information content (AvgIpc) is 3.09. The van der Waals surface area contributed by atoms with E-state index >= 15 is 0 Å². The molecule has 1 aromatic carbocycles. The lowest BCUT2D eigenvalue weighted by Crippen LogP contribution is -2.48. The Bertz CT molecular complexity index is 1220. The monoisotopic (exact) mass is 402 g/mol. The zero-order valence-electron chi connectivity index (χ0n) is 16.6. The molecule has 1 aliphatic heterocycles. The topological polar surface area (TPSA) is 49.3 Å². The number of carbonyl (C=O) groups excluding carboxylic acids is 1. The second-order valence-corrected chi connectivity index (χ2v) is 8.54. The number of piperazine rings is 1. The van der Waals surface area contributed by atoms with E-state index in [4.69, 9.17) is 0 Å². The van der Waals surface area contributed by atoms with Crippen LogP contribution in [0.4, 0.5) is 5.69 Å². The first-order chi connectivity index (χ1) is 14.1. The summed E-state index contributed by atoms with van der Waals surface area (Å²) in [4.78, 5) is 27.3. The highest BCUT2D eigenvalue weighted by Gasteiger charge is 2.26. The maximum Gasteiger partial charge on any atom is 0.264 e. The molecular formula is C23H22N4OS. The normalized spacial score (nSPS) is 14.7. The van der Waals surface area contributed by atoms with E-state index < -0.39 is 0 Å². The predicted octanol–water partition coefficient (Wildman–Crippen LogP) is 4.42. The summed E-state index contributed by atoms with van der Waals surface area (Å²) in [5, 5.41) is 2.25. The summed E-state index contributed by atoms with van der Waals surface area (Å²) in [6.07, 6.45) is 1.82. The molecule has 4 aromatic rings. The van der Waals surface area contributed by atoms with E-state index in [0.717, 1.165) is 59.0 Å². The second-order valence-electron chi connectivity index (χ2n) is 7.49. The molecule has 1 aliphatic rings. The molecular weight excluding hydrogens is 380 g/mol. The average molecular weight is 403 g/mol. The molecule has 5 rings (SSSR count). The fraction of sp³-hybridized carbons (Fsp3) is 0.261. The van der Waals surface area contributed by atoms with Crippen molar-refractivity contribution in [3.63, 3.8) is 0 Å². The lowest BCUT2D eigenvalue weighted by molar-refractivity contribution is 0.0751. The minimum atomic E-state index is 0.153. The van der Waals surface area contributed by atoms with Gasteiger partial charge in [0.15, 0.2) is 5.65 Å². The Labute approximate surface area is 173 Å². The van der Waals surface area contributed by atoms with Gasteiger partial charge in [-0.2, -0.15) is 0 Å². The first-order valence-corrected chi connectivity index (χ1v) is 10.7. The summed E-state index contributed by atoms with van der Waals surface area (Å²) in [5.74, 6) is 0.153. The highest BCUT2D eigenvalue weighted by atomic mass is 32.1. The van der Waals surface area contributed by atoms with E-state index in [1.54, 1.807) is 11.3 Å². The molecule has 4 heterocycles. The van der Waals surface area contributed by atoms with Gasteiger partial charge in [-0.15, -0.1) is 11.3 Å². The molecule has 1 amide bonds. The van der Waals surface area contributed by atoms with Gasteiger partial charge in [0.1, 0.15) is 0 Å². The van der Waals surface area contributed by atoms with E-state index in [1.165, 1.54) is 10.1 Å². The quantitative estimate of drug-likeness (QED) is 0.498. The molecule has 29 heavy (non-hydrogen) atoms. The molecule has 0 aliphatic carbocycles. The van der Waals surface area contributed by atoms with Gasteiger partial charge < -0.3 is 9.80 Å². The summed E-state index contributed by atoms with van der Waals surface area (Å²) in [6, 6.07) is 14.4. The molecule has 1 fully saturated rings. The van der Waals surface area contributed by atoms with Gasteiger partial charge in [-0.3, -0.25) is 4.79 Å². The number of aromatic nitrogens is 2. The predicted molar refractivity (Wildman–Crippen MR) is 119 cm³/mol. The molecule has 5 nitrogen and oxygen atoms in total. The van der Waals surface area contributed by atoms with E-state index in [2.05, 4.69) is 40.0 Å². The van der Waals surface area contributed by atoms with Crippen LogP contribution in [-0.2, 0) is 0 Å². The van der Waals surface area contributed by atoms with Crippen LogP contribution >= 0.6 is 11.3 Å². The number of rotatable bonds is 2. The van der Waals surface area contributed by atoms with Crippen LogP contribution in [0.2, 0.25) is 0 Å². The number of nitrogens with zero attached hydrogens (tertiary/aromatic N) is 4. The number of hydrogen-bond acceptors (Lipinski definition) is 5. The van der Waals surface area contributed by atoms with Gasteiger partial charge in [0.25, 0.3) is 5.91 Å². The first kappa shape index (κ1) is 18.1. The fourth-order valence-corrected chi connectivity index (χ4v) is 5.23. The Morgan fingerprint density at radius 2 is 1.76 bits per heavy atom. The maximum absolute atomic E-state index is 13.2. The molecule has 146 valence electrons. The van der Waals surface area contributed by atoms with Crippen molar-refractivity contribution in [2.75, 3.05) is 31.1 Å². The molecule has 0 spiro atoms. The molecule has 0 bridgehead atoms. The van der Waals surface area contributed by atoms with E-state index in [0.29, 0.717) is 0 Å². The van der Waals surface area contributed by atoms with Crippen molar-refractivity contribution in [3.05, 3.63) is 64.8 Å². The van der Waals surface area contributed by atoms with Gasteiger partial charge in [0, 0.05) is 53.8 Å². The highest BCUT2D eigenvalue weighted by Crippen LogP contribution is 2.32. The standard InChI is InChI=1S/C23H22N4OS/c1-15-7-8-18-19(9-10-24-22(18)25-15)26-11-13-27(14-12-26)23(28)21-16(2)17-5-3-4-6-20(17)29-21/h3-10H,11-14H2,1-2H3. The number of pyridine rings is 2. The van der Waals surface area contributed by atoms with Crippen molar-refractivity contribution in [2.24, 2.45) is 0 Å².